The number of fused-ring (bicyclic) bond motifs is 1. The molecule has 46 heavy (non-hydrogen) atoms. The van der Waals surface area contributed by atoms with Crippen LogP contribution in [-0.2, 0) is 41.7 Å². The van der Waals surface area contributed by atoms with Gasteiger partial charge in [-0.3, -0.25) is 4.79 Å². The summed E-state index contributed by atoms with van der Waals surface area (Å²) in [6.07, 6.45) is 0.329. The van der Waals surface area contributed by atoms with Gasteiger partial charge in [0.15, 0.2) is 0 Å². The van der Waals surface area contributed by atoms with Gasteiger partial charge in [0.1, 0.15) is 12.4 Å². The molecule has 0 aromatic heterocycles. The molecule has 0 saturated carbocycles. The molecule has 11 heteroatoms. The highest BCUT2D eigenvalue weighted by atomic mass is 16.5. The van der Waals surface area contributed by atoms with Crippen LogP contribution in [0.1, 0.15) is 55.7 Å². The Kier molecular flexibility index (Phi) is 13.1. The number of rotatable bonds is 16. The van der Waals surface area contributed by atoms with Gasteiger partial charge in [0, 0.05) is 39.3 Å². The predicted octanol–water partition coefficient (Wildman–Crippen LogP) is 5.10. The molecule has 2 aromatic rings. The first-order valence-electron chi connectivity index (χ1n) is 16.0. The van der Waals surface area contributed by atoms with Crippen molar-refractivity contribution in [1.82, 2.24) is 4.90 Å². The third-order valence-electron chi connectivity index (χ3n) is 8.85. The van der Waals surface area contributed by atoms with E-state index in [0.717, 1.165) is 47.6 Å². The lowest BCUT2D eigenvalue weighted by Crippen LogP contribution is -2.53. The summed E-state index contributed by atoms with van der Waals surface area (Å²) in [5, 5.41) is 10.3. The van der Waals surface area contributed by atoms with E-state index in [9.17, 15) is 14.7 Å². The Morgan fingerprint density at radius 2 is 1.72 bits per heavy atom. The average molecular weight is 643 g/mol. The van der Waals surface area contributed by atoms with E-state index >= 15 is 0 Å². The van der Waals surface area contributed by atoms with E-state index in [4.69, 9.17) is 28.4 Å². The van der Waals surface area contributed by atoms with Gasteiger partial charge in [-0.05, 0) is 61.9 Å². The summed E-state index contributed by atoms with van der Waals surface area (Å²) in [6.45, 7) is 8.61. The maximum absolute atomic E-state index is 12.6. The molecule has 0 unspecified atom stereocenters. The van der Waals surface area contributed by atoms with Crippen molar-refractivity contribution < 1.29 is 43.1 Å². The zero-order valence-electron chi connectivity index (χ0n) is 27.9. The van der Waals surface area contributed by atoms with Crippen LogP contribution in [0.15, 0.2) is 42.5 Å². The third-order valence-corrected chi connectivity index (χ3v) is 8.85. The lowest BCUT2D eigenvalue weighted by atomic mass is 9.76. The molecule has 1 saturated heterocycles. The Morgan fingerprint density at radius 3 is 2.41 bits per heavy atom. The summed E-state index contributed by atoms with van der Waals surface area (Å²) in [7, 11) is 4.71. The van der Waals surface area contributed by atoms with E-state index in [2.05, 4.69) is 23.1 Å². The van der Waals surface area contributed by atoms with Crippen LogP contribution in [0.5, 0.6) is 5.75 Å². The van der Waals surface area contributed by atoms with Crippen LogP contribution < -0.4 is 9.64 Å². The fraction of sp³-hybridized carbons (Fsp3) is 0.600. The summed E-state index contributed by atoms with van der Waals surface area (Å²) in [4.78, 5) is 28.9. The van der Waals surface area contributed by atoms with Gasteiger partial charge in [-0.25, -0.2) is 4.79 Å². The number of nitrogens with zero attached hydrogens (tertiary/aromatic N) is 2. The maximum atomic E-state index is 12.6. The van der Waals surface area contributed by atoms with Crippen LogP contribution in [0.3, 0.4) is 0 Å². The van der Waals surface area contributed by atoms with Crippen molar-refractivity contribution in [2.45, 2.75) is 64.4 Å². The monoisotopic (exact) mass is 642 g/mol. The highest BCUT2D eigenvalue weighted by molar-refractivity contribution is 5.76. The first-order chi connectivity index (χ1) is 22.2. The number of amides is 1. The first kappa shape index (κ1) is 35.5. The summed E-state index contributed by atoms with van der Waals surface area (Å²) >= 11 is 0. The maximum Gasteiger partial charge on any atom is 0.407 e. The van der Waals surface area contributed by atoms with Gasteiger partial charge < -0.3 is 43.3 Å². The summed E-state index contributed by atoms with van der Waals surface area (Å²) < 4.78 is 33.6. The number of benzene rings is 2. The largest absolute Gasteiger partial charge is 0.490 e. The van der Waals surface area contributed by atoms with Crippen LogP contribution >= 0.6 is 0 Å². The second-order valence-electron chi connectivity index (χ2n) is 12.6. The van der Waals surface area contributed by atoms with Gasteiger partial charge in [-0.1, -0.05) is 30.3 Å². The van der Waals surface area contributed by atoms with E-state index in [0.29, 0.717) is 52.5 Å². The van der Waals surface area contributed by atoms with Crippen molar-refractivity contribution in [2.24, 2.45) is 5.41 Å². The second-order valence-corrected chi connectivity index (χ2v) is 12.6. The number of carboxylic acid groups (broad SMARTS) is 1. The molecule has 0 radical (unpaired) electrons. The Hall–Kier alpha value is -3.38. The average Bonchev–Trinajstić information content (AvgIpc) is 3.05. The zero-order valence-corrected chi connectivity index (χ0v) is 27.9. The molecule has 4 rings (SSSR count). The zero-order chi connectivity index (χ0) is 33.1. The minimum absolute atomic E-state index is 0.0935. The molecule has 1 fully saturated rings. The topological polar surface area (TPSA) is 116 Å². The molecule has 2 heterocycles. The normalized spacial score (nSPS) is 19.8. The van der Waals surface area contributed by atoms with Crippen molar-refractivity contribution in [2.75, 3.05) is 72.3 Å². The van der Waals surface area contributed by atoms with Crippen molar-refractivity contribution >= 4 is 17.7 Å². The lowest BCUT2D eigenvalue weighted by Gasteiger charge is -2.44. The molecule has 1 amide bonds. The molecular weight excluding hydrogens is 592 g/mol. The predicted molar refractivity (Wildman–Crippen MR) is 173 cm³/mol. The molecule has 0 bridgehead atoms. The van der Waals surface area contributed by atoms with Crippen molar-refractivity contribution in [3.8, 4) is 5.75 Å². The standard InChI is InChI=1S/C35H50N2O9/c1-35(2,33(38)43-5)21-28-20-29(27-10-7-25(8-11-27)23-44-18-17-42-4)32(22-37(28)34(39)40)46-24-26-9-12-31-30(19-26)36(14-16-45-31)13-6-15-41-3/h7-12,19,28-29,32H,6,13-18,20-24H2,1-5H3,(H,39,40)/t28-,29-,32+/m1/s1. The van der Waals surface area contributed by atoms with Gasteiger partial charge >= 0.3 is 12.1 Å². The number of anilines is 1. The summed E-state index contributed by atoms with van der Waals surface area (Å²) in [5.41, 5.74) is 3.26. The minimum atomic E-state index is -1.03. The fourth-order valence-corrected chi connectivity index (χ4v) is 6.38. The Labute approximate surface area is 272 Å². The molecule has 2 aliphatic rings. The van der Waals surface area contributed by atoms with E-state index in [1.54, 1.807) is 28.1 Å². The summed E-state index contributed by atoms with van der Waals surface area (Å²) in [5.74, 6) is 0.393. The highest BCUT2D eigenvalue weighted by Crippen LogP contribution is 2.40. The number of piperidine rings is 1. The number of ether oxygens (including phenoxy) is 6. The number of likely N-dealkylation sites (tertiary alicyclic amines) is 1. The second kappa shape index (κ2) is 17.0. The van der Waals surface area contributed by atoms with Gasteiger partial charge in [0.2, 0.25) is 0 Å². The molecule has 254 valence electrons. The summed E-state index contributed by atoms with van der Waals surface area (Å²) in [6, 6.07) is 13.9. The molecule has 2 aromatic carbocycles. The Balaban J connectivity index is 1.55. The minimum Gasteiger partial charge on any atom is -0.490 e. The fourth-order valence-electron chi connectivity index (χ4n) is 6.38. The number of esters is 1. The molecule has 0 spiro atoms. The number of carbonyl (C=O) groups excluding carboxylic acids is 1. The number of methoxy groups -OCH3 is 3. The number of hydrogen-bond donors (Lipinski definition) is 1. The molecular formula is C35H50N2O9. The van der Waals surface area contributed by atoms with Crippen LogP contribution in [0.2, 0.25) is 0 Å². The van der Waals surface area contributed by atoms with Crippen LogP contribution in [0, 0.1) is 5.41 Å². The van der Waals surface area contributed by atoms with Gasteiger partial charge in [0.25, 0.3) is 0 Å². The molecule has 1 N–H and O–H groups in total. The van der Waals surface area contributed by atoms with E-state index in [1.807, 2.05) is 24.3 Å². The molecule has 3 atom stereocenters. The molecule has 11 nitrogen and oxygen atoms in total. The first-order valence-corrected chi connectivity index (χ1v) is 16.0. The van der Waals surface area contributed by atoms with E-state index in [1.165, 1.54) is 12.0 Å². The Bertz CT molecular complexity index is 1270. The number of carbonyl (C=O) groups is 2. The van der Waals surface area contributed by atoms with Gasteiger partial charge in [-0.15, -0.1) is 0 Å². The number of hydrogen-bond acceptors (Lipinski definition) is 9. The highest BCUT2D eigenvalue weighted by Gasteiger charge is 2.43. The van der Waals surface area contributed by atoms with Gasteiger partial charge in [-0.2, -0.15) is 0 Å². The van der Waals surface area contributed by atoms with Crippen molar-refractivity contribution in [1.29, 1.82) is 0 Å². The van der Waals surface area contributed by atoms with Crippen LogP contribution in [0.4, 0.5) is 10.5 Å². The lowest BCUT2D eigenvalue weighted by molar-refractivity contribution is -0.152. The van der Waals surface area contributed by atoms with Gasteiger partial charge in [0.05, 0.1) is 63.8 Å². The van der Waals surface area contributed by atoms with E-state index in [-0.39, 0.29) is 18.4 Å². The van der Waals surface area contributed by atoms with Crippen LogP contribution in [0.25, 0.3) is 0 Å². The van der Waals surface area contributed by atoms with E-state index < -0.39 is 23.7 Å². The Morgan fingerprint density at radius 1 is 0.978 bits per heavy atom. The van der Waals surface area contributed by atoms with Crippen molar-refractivity contribution in [3.05, 3.63) is 59.2 Å². The molecule has 2 aliphatic heterocycles. The van der Waals surface area contributed by atoms with Crippen LogP contribution in [-0.4, -0.2) is 102 Å². The smallest absolute Gasteiger partial charge is 0.407 e. The van der Waals surface area contributed by atoms with Crippen molar-refractivity contribution in [3.63, 3.8) is 0 Å². The quantitative estimate of drug-likeness (QED) is 0.196. The SMILES string of the molecule is COCCCN1CCOc2ccc(CO[C@H]3CN(C(=O)O)[C@@H](CC(C)(C)C(=O)OC)C[C@@H]3c3ccc(COCCOC)cc3)cc21. The molecule has 0 aliphatic carbocycles. The third kappa shape index (κ3) is 9.34.